The van der Waals surface area contributed by atoms with Crippen LogP contribution in [0.5, 0.6) is 5.75 Å². The van der Waals surface area contributed by atoms with Gasteiger partial charge in [0.2, 0.25) is 12.2 Å². The van der Waals surface area contributed by atoms with E-state index in [4.69, 9.17) is 21.8 Å². The van der Waals surface area contributed by atoms with Crippen molar-refractivity contribution in [3.05, 3.63) is 72.8 Å². The maximum atomic E-state index is 10.5. The van der Waals surface area contributed by atoms with Gasteiger partial charge in [0.25, 0.3) is 6.26 Å². The molecule has 0 saturated carbocycles. The standard InChI is InChI=1S/C21H12N3O3PS/c22-13-27-18-5-11-21(12-6-18)28(29,19-7-1-16(2-8-19)23-14-25)20-9-3-17(4-10-20)24-15-26/h1-12H. The number of aliphatic imine (C=N–C) groups is 2. The minimum atomic E-state index is -2.48. The second-order valence-corrected chi connectivity index (χ2v) is 10.1. The van der Waals surface area contributed by atoms with E-state index < -0.39 is 6.04 Å². The van der Waals surface area contributed by atoms with Gasteiger partial charge in [-0.3, -0.25) is 0 Å². The first-order chi connectivity index (χ1) is 14.1. The Bertz CT molecular complexity index is 1140. The smallest absolute Gasteiger partial charge is 0.292 e. The average molecular weight is 417 g/mol. The van der Waals surface area contributed by atoms with Crippen LogP contribution >= 0.6 is 6.04 Å². The summed E-state index contributed by atoms with van der Waals surface area (Å²) in [6.45, 7) is 0. The molecule has 3 rings (SSSR count). The highest BCUT2D eigenvalue weighted by Gasteiger charge is 2.25. The minimum absolute atomic E-state index is 0.420. The average Bonchev–Trinajstić information content (AvgIpc) is 2.75. The predicted octanol–water partition coefficient (Wildman–Crippen LogP) is 3.24. The highest BCUT2D eigenvalue weighted by molar-refractivity contribution is 8.25. The molecule has 0 amide bonds. The molecule has 0 aliphatic rings. The highest BCUT2D eigenvalue weighted by Crippen LogP contribution is 2.43. The first-order valence-corrected chi connectivity index (χ1v) is 11.1. The Kier molecular flexibility index (Phi) is 6.26. The molecule has 6 nitrogen and oxygen atoms in total. The summed E-state index contributed by atoms with van der Waals surface area (Å²) in [7, 11) is 0. The molecule has 0 atom stereocenters. The van der Waals surface area contributed by atoms with Gasteiger partial charge in [0.15, 0.2) is 0 Å². The molecular formula is C21H12N3O3PS. The maximum Gasteiger partial charge on any atom is 0.292 e. The lowest BCUT2D eigenvalue weighted by molar-refractivity contribution is 0.507. The Morgan fingerprint density at radius 2 is 1.10 bits per heavy atom. The Morgan fingerprint density at radius 1 is 0.724 bits per heavy atom. The normalized spacial score (nSPS) is 11.8. The number of benzene rings is 3. The lowest BCUT2D eigenvalue weighted by atomic mass is 10.3. The number of hydrogen-bond acceptors (Lipinski definition) is 7. The number of nitriles is 1. The second-order valence-electron chi connectivity index (χ2n) is 5.74. The quantitative estimate of drug-likeness (QED) is 0.266. The van der Waals surface area contributed by atoms with Crippen LogP contribution in [-0.2, 0) is 21.4 Å². The molecule has 0 radical (unpaired) electrons. The van der Waals surface area contributed by atoms with Crippen molar-refractivity contribution in [2.75, 3.05) is 0 Å². The molecule has 0 aliphatic carbocycles. The van der Waals surface area contributed by atoms with Gasteiger partial charge in [0, 0.05) is 6.04 Å². The summed E-state index contributed by atoms with van der Waals surface area (Å²) >= 11 is 6.21. The molecule has 0 aliphatic heterocycles. The SMILES string of the molecule is N#COc1ccc(P(=S)(c2ccc(N=C=O)cc2)c2ccc(N=C=O)cc2)cc1. The number of ether oxygens (including phenoxy) is 1. The number of hydrogen-bond donors (Lipinski definition) is 0. The van der Waals surface area contributed by atoms with Crippen LogP contribution in [0.3, 0.4) is 0 Å². The number of isocyanates is 2. The Hall–Kier alpha value is -3.64. The molecule has 0 bridgehead atoms. The third kappa shape index (κ3) is 4.28. The van der Waals surface area contributed by atoms with Gasteiger partial charge in [-0.05, 0) is 64.4 Å². The summed E-state index contributed by atoms with van der Waals surface area (Å²) in [5, 5.41) is 11.3. The summed E-state index contributed by atoms with van der Waals surface area (Å²) in [5.74, 6) is 0.420. The topological polar surface area (TPSA) is 91.9 Å². The zero-order valence-electron chi connectivity index (χ0n) is 14.9. The van der Waals surface area contributed by atoms with E-state index in [0.29, 0.717) is 17.1 Å². The molecular weight excluding hydrogens is 405 g/mol. The van der Waals surface area contributed by atoms with E-state index in [2.05, 4.69) is 9.98 Å². The molecule has 29 heavy (non-hydrogen) atoms. The van der Waals surface area contributed by atoms with Crippen LogP contribution in [0.2, 0.25) is 0 Å². The van der Waals surface area contributed by atoms with Crippen LogP contribution in [-0.4, -0.2) is 12.2 Å². The van der Waals surface area contributed by atoms with Crippen molar-refractivity contribution < 1.29 is 14.3 Å². The molecule has 0 aromatic heterocycles. The van der Waals surface area contributed by atoms with Gasteiger partial charge < -0.3 is 4.74 Å². The molecule has 0 saturated heterocycles. The molecule has 0 spiro atoms. The van der Waals surface area contributed by atoms with E-state index in [1.165, 1.54) is 12.2 Å². The van der Waals surface area contributed by atoms with Crippen molar-refractivity contribution in [2.45, 2.75) is 0 Å². The molecule has 140 valence electrons. The van der Waals surface area contributed by atoms with E-state index in [0.717, 1.165) is 15.9 Å². The van der Waals surface area contributed by atoms with Crippen LogP contribution in [0, 0.1) is 11.5 Å². The van der Waals surface area contributed by atoms with E-state index in [1.54, 1.807) is 42.7 Å². The first-order valence-electron chi connectivity index (χ1n) is 8.25. The van der Waals surface area contributed by atoms with E-state index in [9.17, 15) is 9.59 Å². The largest absolute Gasteiger partial charge is 0.388 e. The number of rotatable bonds is 6. The van der Waals surface area contributed by atoms with E-state index in [1.807, 2.05) is 36.4 Å². The monoisotopic (exact) mass is 417 g/mol. The van der Waals surface area contributed by atoms with Crippen LogP contribution in [0.25, 0.3) is 0 Å². The maximum absolute atomic E-state index is 10.5. The highest BCUT2D eigenvalue weighted by atomic mass is 32.4. The molecule has 3 aromatic carbocycles. The first kappa shape index (κ1) is 20.1. The van der Waals surface area contributed by atoms with Gasteiger partial charge in [-0.25, -0.2) is 9.59 Å². The van der Waals surface area contributed by atoms with Crippen LogP contribution < -0.4 is 20.7 Å². The third-order valence-corrected chi connectivity index (χ3v) is 9.11. The summed E-state index contributed by atoms with van der Waals surface area (Å²) < 4.78 is 4.86. The van der Waals surface area contributed by atoms with E-state index in [-0.39, 0.29) is 0 Å². The molecule has 0 fully saturated rings. The van der Waals surface area contributed by atoms with Gasteiger partial charge in [0.1, 0.15) is 5.75 Å². The lowest BCUT2D eigenvalue weighted by Crippen LogP contribution is -2.24. The molecule has 0 N–H and O–H groups in total. The summed E-state index contributed by atoms with van der Waals surface area (Å²) in [6.07, 6.45) is 4.68. The van der Waals surface area contributed by atoms with Crippen molar-refractivity contribution in [2.24, 2.45) is 9.98 Å². The third-order valence-electron chi connectivity index (χ3n) is 4.14. The van der Waals surface area contributed by atoms with Gasteiger partial charge in [0.05, 0.1) is 11.4 Å². The Balaban J connectivity index is 2.16. The van der Waals surface area contributed by atoms with Crippen LogP contribution in [0.4, 0.5) is 11.4 Å². The van der Waals surface area contributed by atoms with Crippen LogP contribution in [0.15, 0.2) is 82.8 Å². The van der Waals surface area contributed by atoms with E-state index >= 15 is 0 Å². The summed E-state index contributed by atoms with van der Waals surface area (Å²) in [6, 6.07) is 18.8. The Labute approximate surface area is 171 Å². The predicted molar refractivity (Wildman–Crippen MR) is 114 cm³/mol. The summed E-state index contributed by atoms with van der Waals surface area (Å²) in [5.41, 5.74) is 0.970. The van der Waals surface area contributed by atoms with Crippen molar-refractivity contribution in [3.63, 3.8) is 0 Å². The van der Waals surface area contributed by atoms with Gasteiger partial charge >= 0.3 is 0 Å². The van der Waals surface area contributed by atoms with Crippen molar-refractivity contribution in [1.82, 2.24) is 0 Å². The number of carbonyl (C=O) groups excluding carboxylic acids is 2. The molecule has 8 heteroatoms. The lowest BCUT2D eigenvalue weighted by Gasteiger charge is -2.24. The van der Waals surface area contributed by atoms with Gasteiger partial charge in [-0.2, -0.15) is 9.98 Å². The fourth-order valence-electron chi connectivity index (χ4n) is 2.80. The van der Waals surface area contributed by atoms with Crippen molar-refractivity contribution in [3.8, 4) is 12.0 Å². The Morgan fingerprint density at radius 3 is 1.45 bits per heavy atom. The minimum Gasteiger partial charge on any atom is -0.388 e. The van der Waals surface area contributed by atoms with Crippen molar-refractivity contribution in [1.29, 1.82) is 5.26 Å². The zero-order valence-corrected chi connectivity index (χ0v) is 16.6. The summed E-state index contributed by atoms with van der Waals surface area (Å²) in [4.78, 5) is 28.2. The zero-order chi connectivity index (χ0) is 20.7. The second kappa shape index (κ2) is 9.03. The molecule has 3 aromatic rings. The van der Waals surface area contributed by atoms with Crippen LogP contribution in [0.1, 0.15) is 0 Å². The molecule has 0 unspecified atom stereocenters. The van der Waals surface area contributed by atoms with Gasteiger partial charge in [-0.15, -0.1) is 5.26 Å². The van der Waals surface area contributed by atoms with Gasteiger partial charge in [-0.1, -0.05) is 36.1 Å². The van der Waals surface area contributed by atoms with Crippen molar-refractivity contribution >= 4 is 57.3 Å². The fraction of sp³-hybridized carbons (Fsp3) is 0. The molecule has 0 heterocycles. The number of nitrogens with zero attached hydrogens (tertiary/aromatic N) is 3. The fourth-order valence-corrected chi connectivity index (χ4v) is 6.50.